The number of halogens is 1. The molecule has 1 aliphatic carbocycles. The minimum Gasteiger partial charge on any atom is -0.288 e. The van der Waals surface area contributed by atoms with Crippen molar-refractivity contribution >= 4 is 33.1 Å². The number of carbonyl (C=O) groups is 1. The number of Topliss-reactive ketones (excluding diaryl/α,β-unsaturated/α-hetero) is 1. The molecule has 0 aliphatic heterocycles. The van der Waals surface area contributed by atoms with Gasteiger partial charge in [0.2, 0.25) is 5.78 Å². The van der Waals surface area contributed by atoms with E-state index in [-0.39, 0.29) is 21.3 Å². The van der Waals surface area contributed by atoms with Crippen molar-refractivity contribution in [3.8, 4) is 0 Å². The number of allylic oxidation sites excluding steroid dienone is 3. The molecular weight excluding hydrogens is 328 g/mol. The first-order valence-electron chi connectivity index (χ1n) is 5.94. The smallest absolute Gasteiger partial charge is 0.282 e. The van der Waals surface area contributed by atoms with Crippen molar-refractivity contribution < 1.29 is 13.2 Å². The molecule has 0 radical (unpaired) electrons. The summed E-state index contributed by atoms with van der Waals surface area (Å²) in [6.07, 6.45) is 2.17. The predicted octanol–water partition coefficient (Wildman–Crippen LogP) is 3.02. The minimum absolute atomic E-state index is 0.00533. The van der Waals surface area contributed by atoms with Crippen LogP contribution in [0.2, 0.25) is 0 Å². The van der Waals surface area contributed by atoms with Crippen LogP contribution in [0.1, 0.15) is 5.56 Å². The summed E-state index contributed by atoms with van der Waals surface area (Å²) >= 11 is 5.70. The summed E-state index contributed by atoms with van der Waals surface area (Å²) in [5.74, 6) is -0.689. The fraction of sp³-hybridized carbons (Fsp3) is 0.0769. The van der Waals surface area contributed by atoms with Crippen molar-refractivity contribution in [3.05, 3.63) is 63.2 Å². The van der Waals surface area contributed by atoms with E-state index in [9.17, 15) is 13.2 Å². The number of nitrogens with zero attached hydrogens (tertiary/aromatic N) is 4. The van der Waals surface area contributed by atoms with E-state index < -0.39 is 15.8 Å². The molecule has 0 saturated heterocycles. The van der Waals surface area contributed by atoms with Crippen molar-refractivity contribution in [2.24, 2.45) is 9.51 Å². The number of rotatable bonds is 3. The van der Waals surface area contributed by atoms with Crippen LogP contribution >= 0.6 is 11.6 Å². The molecule has 0 amide bonds. The molecular formula is C13H9ClN4O3S. The number of azide groups is 1. The van der Waals surface area contributed by atoms with E-state index in [0.717, 1.165) is 17.7 Å². The molecule has 1 aromatic rings. The van der Waals surface area contributed by atoms with Crippen molar-refractivity contribution in [1.29, 1.82) is 0 Å². The molecule has 0 heterocycles. The Bertz CT molecular complexity index is 876. The van der Waals surface area contributed by atoms with Crippen molar-refractivity contribution in [2.75, 3.05) is 0 Å². The fourth-order valence-electron chi connectivity index (χ4n) is 1.64. The molecule has 0 bridgehead atoms. The average Bonchev–Trinajstić information content (AvgIpc) is 2.44. The van der Waals surface area contributed by atoms with Gasteiger partial charge in [-0.3, -0.25) is 4.79 Å². The molecule has 0 unspecified atom stereocenters. The summed E-state index contributed by atoms with van der Waals surface area (Å²) in [4.78, 5) is 14.1. The lowest BCUT2D eigenvalue weighted by atomic mass is 10.1. The summed E-state index contributed by atoms with van der Waals surface area (Å²) in [6, 6.07) is 6.13. The number of aryl methyl sites for hydroxylation is 1. The van der Waals surface area contributed by atoms with Gasteiger partial charge in [0, 0.05) is 4.91 Å². The van der Waals surface area contributed by atoms with E-state index in [4.69, 9.17) is 17.1 Å². The van der Waals surface area contributed by atoms with Crippen LogP contribution in [0.4, 0.5) is 0 Å². The standard InChI is InChI=1S/C13H9ClN4O3S/c1-8-2-4-10(5-3-8)22(20,21)17-9-6-11(14)13(19)12(7-9)16-18-15/h2-7H,1H3. The Morgan fingerprint density at radius 2 is 1.82 bits per heavy atom. The Morgan fingerprint density at radius 1 is 1.18 bits per heavy atom. The molecule has 22 heavy (non-hydrogen) atoms. The molecule has 0 aromatic heterocycles. The van der Waals surface area contributed by atoms with Crippen LogP contribution in [0.25, 0.3) is 10.4 Å². The molecule has 0 saturated carbocycles. The van der Waals surface area contributed by atoms with Crippen LogP contribution in [-0.4, -0.2) is 19.9 Å². The molecule has 1 aromatic carbocycles. The number of hydrogen-bond donors (Lipinski definition) is 0. The summed E-state index contributed by atoms with van der Waals surface area (Å²) in [7, 11) is -3.96. The van der Waals surface area contributed by atoms with Crippen LogP contribution in [0.3, 0.4) is 0 Å². The molecule has 2 rings (SSSR count). The minimum atomic E-state index is -3.96. The van der Waals surface area contributed by atoms with E-state index in [1.165, 1.54) is 12.1 Å². The highest BCUT2D eigenvalue weighted by Gasteiger charge is 2.20. The Hall–Kier alpha value is -2.41. The zero-order valence-electron chi connectivity index (χ0n) is 11.3. The first-order valence-corrected chi connectivity index (χ1v) is 7.75. The van der Waals surface area contributed by atoms with E-state index in [2.05, 4.69) is 14.4 Å². The highest BCUT2D eigenvalue weighted by atomic mass is 35.5. The van der Waals surface area contributed by atoms with Gasteiger partial charge in [-0.15, -0.1) is 0 Å². The van der Waals surface area contributed by atoms with Crippen LogP contribution in [0.5, 0.6) is 0 Å². The summed E-state index contributed by atoms with van der Waals surface area (Å²) < 4.78 is 28.0. The van der Waals surface area contributed by atoms with E-state index in [1.54, 1.807) is 12.1 Å². The lowest BCUT2D eigenvalue weighted by molar-refractivity contribution is -0.111. The molecule has 0 atom stereocenters. The van der Waals surface area contributed by atoms with Gasteiger partial charge in [0.1, 0.15) is 0 Å². The highest BCUT2D eigenvalue weighted by molar-refractivity contribution is 7.90. The normalized spacial score (nSPS) is 16.8. The monoisotopic (exact) mass is 336 g/mol. The van der Waals surface area contributed by atoms with Crippen LogP contribution in [0.15, 0.2) is 61.6 Å². The quantitative estimate of drug-likeness (QED) is 0.366. The number of hydrogen-bond acceptors (Lipinski definition) is 4. The zero-order valence-corrected chi connectivity index (χ0v) is 12.8. The van der Waals surface area contributed by atoms with E-state index in [1.807, 2.05) is 6.92 Å². The Morgan fingerprint density at radius 3 is 2.41 bits per heavy atom. The van der Waals surface area contributed by atoms with Gasteiger partial charge >= 0.3 is 0 Å². The third-order valence-corrected chi connectivity index (χ3v) is 4.31. The maximum absolute atomic E-state index is 12.2. The van der Waals surface area contributed by atoms with Gasteiger partial charge in [0.25, 0.3) is 10.0 Å². The van der Waals surface area contributed by atoms with E-state index in [0.29, 0.717) is 0 Å². The second-order valence-corrected chi connectivity index (χ2v) is 6.36. The first-order chi connectivity index (χ1) is 10.3. The second-order valence-electron chi connectivity index (χ2n) is 4.34. The van der Waals surface area contributed by atoms with Gasteiger partial charge in [0.15, 0.2) is 0 Å². The molecule has 0 N–H and O–H groups in total. The topological polar surface area (TPSA) is 112 Å². The summed E-state index contributed by atoms with van der Waals surface area (Å²) in [5, 5.41) is 2.90. The van der Waals surface area contributed by atoms with Crippen LogP contribution in [0, 0.1) is 6.92 Å². The third kappa shape index (κ3) is 3.43. The van der Waals surface area contributed by atoms with Crippen molar-refractivity contribution in [1.82, 2.24) is 0 Å². The molecule has 112 valence electrons. The van der Waals surface area contributed by atoms with E-state index >= 15 is 0 Å². The summed E-state index contributed by atoms with van der Waals surface area (Å²) in [6.45, 7) is 1.83. The number of sulfonamides is 1. The van der Waals surface area contributed by atoms with Crippen molar-refractivity contribution in [2.45, 2.75) is 11.8 Å². The van der Waals surface area contributed by atoms with Crippen LogP contribution in [-0.2, 0) is 14.8 Å². The Kier molecular flexibility index (Phi) is 4.46. The van der Waals surface area contributed by atoms with Crippen molar-refractivity contribution in [3.63, 3.8) is 0 Å². The van der Waals surface area contributed by atoms with Crippen LogP contribution < -0.4 is 0 Å². The zero-order chi connectivity index (χ0) is 16.3. The van der Waals surface area contributed by atoms with Gasteiger partial charge in [-0.25, -0.2) is 0 Å². The first kappa shape index (κ1) is 16.0. The maximum atomic E-state index is 12.2. The summed E-state index contributed by atoms with van der Waals surface area (Å²) in [5.41, 5.74) is 8.89. The maximum Gasteiger partial charge on any atom is 0.282 e. The van der Waals surface area contributed by atoms with Gasteiger partial charge in [0.05, 0.1) is 21.3 Å². The largest absolute Gasteiger partial charge is 0.288 e. The number of carbonyl (C=O) groups excluding carboxylic acids is 1. The lowest BCUT2D eigenvalue weighted by Gasteiger charge is -2.07. The molecule has 9 heteroatoms. The average molecular weight is 337 g/mol. The third-order valence-electron chi connectivity index (χ3n) is 2.71. The SMILES string of the molecule is Cc1ccc(S(=O)(=O)N=C2C=C(Cl)C(=O)C(N=[N+]=[N-])=C2)cc1. The molecule has 7 nitrogen and oxygen atoms in total. The number of ketones is 1. The molecule has 1 aliphatic rings. The Balaban J connectivity index is 2.49. The fourth-order valence-corrected chi connectivity index (χ4v) is 2.82. The molecule has 0 spiro atoms. The van der Waals surface area contributed by atoms with Gasteiger partial charge in [-0.2, -0.15) is 12.8 Å². The highest BCUT2D eigenvalue weighted by Crippen LogP contribution is 2.20. The van der Waals surface area contributed by atoms with Gasteiger partial charge in [-0.1, -0.05) is 34.4 Å². The lowest BCUT2D eigenvalue weighted by Crippen LogP contribution is -2.11. The molecule has 0 fully saturated rings. The second kappa shape index (κ2) is 6.15. The Labute approximate surface area is 131 Å². The van der Waals surface area contributed by atoms with Gasteiger partial charge in [-0.05, 0) is 36.7 Å². The predicted molar refractivity (Wildman–Crippen MR) is 82.0 cm³/mol. The van der Waals surface area contributed by atoms with Gasteiger partial charge < -0.3 is 0 Å². The number of benzene rings is 1.